The van der Waals surface area contributed by atoms with Gasteiger partial charge in [-0.25, -0.2) is 4.31 Å². The summed E-state index contributed by atoms with van der Waals surface area (Å²) in [5.74, 6) is 0.726. The van der Waals surface area contributed by atoms with Crippen LogP contribution in [0.2, 0.25) is 0 Å². The Morgan fingerprint density at radius 3 is 2.24 bits per heavy atom. The predicted octanol–water partition coefficient (Wildman–Crippen LogP) is 2.79. The molecule has 0 fully saturated rings. The van der Waals surface area contributed by atoms with E-state index in [9.17, 15) is 9.59 Å². The largest absolute Gasteiger partial charge is 0.271 e. The number of carbonyl (C=O) groups is 2. The van der Waals surface area contributed by atoms with Gasteiger partial charge in [-0.05, 0) is 31.0 Å². The number of nitrogens with zero attached hydrogens (tertiary/aromatic N) is 1. The Labute approximate surface area is 105 Å². The van der Waals surface area contributed by atoms with E-state index >= 15 is 0 Å². The third-order valence-electron chi connectivity index (χ3n) is 2.79. The van der Waals surface area contributed by atoms with Crippen molar-refractivity contribution in [3.63, 3.8) is 0 Å². The van der Waals surface area contributed by atoms with E-state index in [2.05, 4.69) is 13.3 Å². The van der Waals surface area contributed by atoms with Crippen LogP contribution in [0.25, 0.3) is 0 Å². The molecule has 0 aliphatic carbocycles. The average molecular weight is 248 g/mol. The van der Waals surface area contributed by atoms with E-state index in [-0.39, 0.29) is 11.8 Å². The van der Waals surface area contributed by atoms with E-state index in [0.29, 0.717) is 17.0 Å². The maximum Gasteiger partial charge on any atom is 0.271 e. The molecule has 1 aromatic rings. The van der Waals surface area contributed by atoms with Gasteiger partial charge in [-0.1, -0.05) is 12.1 Å². The summed E-state index contributed by atoms with van der Waals surface area (Å²) in [6.07, 6.45) is 2.06. The lowest BCUT2D eigenvalue weighted by molar-refractivity contribution is 0.0777. The van der Waals surface area contributed by atoms with Crippen molar-refractivity contribution in [1.29, 1.82) is 0 Å². The number of amides is 2. The Balaban J connectivity index is 2.13. The molecule has 1 heterocycles. The second kappa shape index (κ2) is 4.84. The summed E-state index contributed by atoms with van der Waals surface area (Å²) in [6.45, 7) is 4.04. The Morgan fingerprint density at radius 1 is 1.24 bits per heavy atom. The molecule has 0 spiro atoms. The van der Waals surface area contributed by atoms with Crippen LogP contribution < -0.4 is 0 Å². The SMILES string of the molecule is C[CH+]C(C)CSN1C(=O)c2ccccc2C1=O. The molecule has 2 rings (SSSR count). The van der Waals surface area contributed by atoms with Crippen LogP contribution in [0.3, 0.4) is 0 Å². The van der Waals surface area contributed by atoms with Gasteiger partial charge >= 0.3 is 0 Å². The Morgan fingerprint density at radius 2 is 1.76 bits per heavy atom. The minimum Gasteiger partial charge on any atom is -0.268 e. The maximum atomic E-state index is 12.0. The molecule has 0 bridgehead atoms. The highest BCUT2D eigenvalue weighted by molar-refractivity contribution is 7.98. The summed E-state index contributed by atoms with van der Waals surface area (Å²) in [7, 11) is 0. The van der Waals surface area contributed by atoms with Crippen molar-refractivity contribution in [3.05, 3.63) is 41.8 Å². The van der Waals surface area contributed by atoms with Gasteiger partial charge in [0.1, 0.15) is 5.92 Å². The second-order valence-corrected chi connectivity index (χ2v) is 5.01. The van der Waals surface area contributed by atoms with Crippen LogP contribution in [-0.4, -0.2) is 21.9 Å². The summed E-state index contributed by atoms with van der Waals surface area (Å²) in [4.78, 5) is 24.0. The molecule has 0 aromatic heterocycles. The topological polar surface area (TPSA) is 37.4 Å². The number of hydrogen-bond donors (Lipinski definition) is 0. The molecule has 88 valence electrons. The van der Waals surface area contributed by atoms with Gasteiger partial charge in [0.25, 0.3) is 11.8 Å². The minimum atomic E-state index is -0.195. The smallest absolute Gasteiger partial charge is 0.268 e. The third kappa shape index (κ3) is 2.17. The monoisotopic (exact) mass is 248 g/mol. The van der Waals surface area contributed by atoms with Crippen LogP contribution in [0.1, 0.15) is 34.6 Å². The molecule has 1 atom stereocenters. The normalized spacial score (nSPS) is 16.0. The Hall–Kier alpha value is -1.42. The number of benzene rings is 1. The maximum absolute atomic E-state index is 12.0. The quantitative estimate of drug-likeness (QED) is 0.467. The van der Waals surface area contributed by atoms with Crippen LogP contribution in [0.5, 0.6) is 0 Å². The van der Waals surface area contributed by atoms with Crippen molar-refractivity contribution in [2.45, 2.75) is 13.8 Å². The minimum absolute atomic E-state index is 0.195. The zero-order chi connectivity index (χ0) is 12.4. The van der Waals surface area contributed by atoms with E-state index in [0.717, 1.165) is 5.75 Å². The standard InChI is InChI=1S/C13H14NO2S/c1-3-9(2)8-17-14-12(15)10-6-4-5-7-11(10)13(14)16/h3-7,9H,8H2,1-2H3/q+1. The fourth-order valence-corrected chi connectivity index (χ4v) is 2.58. The third-order valence-corrected chi connectivity index (χ3v) is 4.06. The van der Waals surface area contributed by atoms with Gasteiger partial charge in [0.15, 0.2) is 0 Å². The molecule has 0 saturated carbocycles. The molecular weight excluding hydrogens is 234 g/mol. The van der Waals surface area contributed by atoms with Crippen molar-refractivity contribution in [2.75, 3.05) is 5.75 Å². The lowest BCUT2D eigenvalue weighted by Gasteiger charge is -2.12. The Kier molecular flexibility index (Phi) is 3.43. The molecule has 0 radical (unpaired) electrons. The number of imide groups is 1. The first kappa shape index (κ1) is 12.0. The van der Waals surface area contributed by atoms with Crippen molar-refractivity contribution in [3.8, 4) is 0 Å². The first-order chi connectivity index (χ1) is 8.15. The molecule has 1 aromatic carbocycles. The number of hydrogen-bond acceptors (Lipinski definition) is 3. The van der Waals surface area contributed by atoms with Crippen molar-refractivity contribution in [2.24, 2.45) is 5.92 Å². The number of rotatable bonds is 4. The molecule has 0 saturated heterocycles. The fourth-order valence-electron chi connectivity index (χ4n) is 1.57. The average Bonchev–Trinajstić information content (AvgIpc) is 2.60. The summed E-state index contributed by atoms with van der Waals surface area (Å²) in [5.41, 5.74) is 1.02. The first-order valence-corrected chi connectivity index (χ1v) is 6.49. The molecule has 1 unspecified atom stereocenters. The van der Waals surface area contributed by atoms with Gasteiger partial charge < -0.3 is 0 Å². The van der Waals surface area contributed by atoms with E-state index in [1.807, 2.05) is 6.92 Å². The predicted molar refractivity (Wildman–Crippen MR) is 68.5 cm³/mol. The molecule has 0 N–H and O–H groups in total. The van der Waals surface area contributed by atoms with E-state index in [1.54, 1.807) is 24.3 Å². The Bertz CT molecular complexity index is 423. The zero-order valence-corrected chi connectivity index (χ0v) is 10.7. The van der Waals surface area contributed by atoms with E-state index < -0.39 is 0 Å². The van der Waals surface area contributed by atoms with Gasteiger partial charge in [0.05, 0.1) is 30.2 Å². The van der Waals surface area contributed by atoms with Crippen LogP contribution >= 0.6 is 11.9 Å². The molecule has 2 amide bonds. The highest BCUT2D eigenvalue weighted by Gasteiger charge is 2.36. The molecule has 1 aliphatic rings. The van der Waals surface area contributed by atoms with E-state index in [1.165, 1.54) is 16.3 Å². The zero-order valence-electron chi connectivity index (χ0n) is 9.84. The molecule has 17 heavy (non-hydrogen) atoms. The number of carbonyl (C=O) groups excluding carboxylic acids is 2. The lowest BCUT2D eigenvalue weighted by Crippen LogP contribution is -2.23. The van der Waals surface area contributed by atoms with Gasteiger partial charge in [-0.3, -0.25) is 9.59 Å². The second-order valence-electron chi connectivity index (χ2n) is 4.06. The molecule has 1 aliphatic heterocycles. The highest BCUT2D eigenvalue weighted by atomic mass is 32.2. The molecule has 4 heteroatoms. The van der Waals surface area contributed by atoms with Crippen molar-refractivity contribution >= 4 is 23.8 Å². The molecular formula is C13H14NO2S+. The fraction of sp³-hybridized carbons (Fsp3) is 0.308. The first-order valence-electron chi connectivity index (χ1n) is 5.55. The summed E-state index contributed by atoms with van der Waals surface area (Å²) in [6, 6.07) is 6.96. The summed E-state index contributed by atoms with van der Waals surface area (Å²) >= 11 is 1.29. The lowest BCUT2D eigenvalue weighted by atomic mass is 10.1. The summed E-state index contributed by atoms with van der Waals surface area (Å²) in [5, 5.41) is 0. The van der Waals surface area contributed by atoms with Crippen LogP contribution in [0.4, 0.5) is 0 Å². The van der Waals surface area contributed by atoms with Crippen molar-refractivity contribution in [1.82, 2.24) is 4.31 Å². The van der Waals surface area contributed by atoms with Gasteiger partial charge in [0.2, 0.25) is 0 Å². The number of fused-ring (bicyclic) bond motifs is 1. The van der Waals surface area contributed by atoms with Crippen LogP contribution in [0, 0.1) is 12.3 Å². The highest BCUT2D eigenvalue weighted by Crippen LogP contribution is 2.29. The van der Waals surface area contributed by atoms with E-state index in [4.69, 9.17) is 0 Å². The molecule has 3 nitrogen and oxygen atoms in total. The van der Waals surface area contributed by atoms with Crippen LogP contribution in [-0.2, 0) is 0 Å². The van der Waals surface area contributed by atoms with Gasteiger partial charge in [-0.15, -0.1) is 0 Å². The van der Waals surface area contributed by atoms with Gasteiger partial charge in [0, 0.05) is 0 Å². The summed E-state index contributed by atoms with van der Waals surface area (Å²) < 4.78 is 1.27. The van der Waals surface area contributed by atoms with Crippen LogP contribution in [0.15, 0.2) is 24.3 Å². The van der Waals surface area contributed by atoms with Crippen molar-refractivity contribution < 1.29 is 9.59 Å². The van der Waals surface area contributed by atoms with Gasteiger partial charge in [-0.2, -0.15) is 0 Å².